The molecule has 0 fully saturated rings. The van der Waals surface area contributed by atoms with Gasteiger partial charge in [-0.15, -0.1) is 10.2 Å². The van der Waals surface area contributed by atoms with Gasteiger partial charge in [0.2, 0.25) is 11.8 Å². The van der Waals surface area contributed by atoms with Gasteiger partial charge in [-0.3, -0.25) is 0 Å². The van der Waals surface area contributed by atoms with Crippen LogP contribution in [0.5, 0.6) is 11.6 Å². The Balaban J connectivity index is 1.63. The van der Waals surface area contributed by atoms with Crippen LogP contribution in [0.1, 0.15) is 11.3 Å². The Morgan fingerprint density at radius 3 is 2.34 bits per heavy atom. The zero-order valence-electron chi connectivity index (χ0n) is 17.5. The average molecular weight is 426 g/mol. The molecule has 5 rings (SSSR count). The number of rotatable bonds is 5. The molecule has 0 atom stereocenters. The minimum absolute atomic E-state index is 0.270. The number of nitrogens with zero attached hydrogens (tertiary/aromatic N) is 4. The predicted molar refractivity (Wildman–Crippen MR) is 118 cm³/mol. The fourth-order valence-electron chi connectivity index (χ4n) is 3.37. The lowest BCUT2D eigenvalue weighted by Gasteiger charge is -2.10. The Morgan fingerprint density at radius 1 is 0.844 bits per heavy atom. The van der Waals surface area contributed by atoms with Crippen LogP contribution >= 0.6 is 0 Å². The molecule has 0 aliphatic carbocycles. The highest BCUT2D eigenvalue weighted by Crippen LogP contribution is 2.38. The van der Waals surface area contributed by atoms with E-state index in [1.54, 1.807) is 16.8 Å². The van der Waals surface area contributed by atoms with Gasteiger partial charge in [-0.1, -0.05) is 42.0 Å². The molecule has 5 aromatic rings. The lowest BCUT2D eigenvalue weighted by atomic mass is 10.1. The first-order valence-corrected chi connectivity index (χ1v) is 10.1. The lowest BCUT2D eigenvalue weighted by Crippen LogP contribution is -2.00. The van der Waals surface area contributed by atoms with E-state index in [4.69, 9.17) is 9.15 Å². The van der Waals surface area contributed by atoms with Crippen molar-refractivity contribution in [3.05, 3.63) is 95.9 Å². The number of aryl methyl sites for hydroxylation is 2. The van der Waals surface area contributed by atoms with Crippen molar-refractivity contribution in [2.45, 2.75) is 13.8 Å². The summed E-state index contributed by atoms with van der Waals surface area (Å²) in [5.74, 6) is 0.959. The largest absolute Gasteiger partial charge is 0.438 e. The van der Waals surface area contributed by atoms with Gasteiger partial charge in [-0.2, -0.15) is 9.78 Å². The third-order valence-electron chi connectivity index (χ3n) is 4.97. The SMILES string of the molecule is Cc1ccc(-c2nnc(-c3c(C)nn(-c4ccccc4)c3Oc3cccc(F)c3)o2)cc1. The molecular formula is C25H19FN4O2. The van der Waals surface area contributed by atoms with Crippen molar-refractivity contribution in [2.24, 2.45) is 0 Å². The van der Waals surface area contributed by atoms with Gasteiger partial charge in [-0.05, 0) is 50.2 Å². The minimum atomic E-state index is -0.397. The second kappa shape index (κ2) is 8.11. The van der Waals surface area contributed by atoms with E-state index in [9.17, 15) is 4.39 Å². The summed E-state index contributed by atoms with van der Waals surface area (Å²) < 4.78 is 27.6. The molecule has 0 N–H and O–H groups in total. The Morgan fingerprint density at radius 2 is 1.59 bits per heavy atom. The van der Waals surface area contributed by atoms with Gasteiger partial charge in [0.05, 0.1) is 11.4 Å². The van der Waals surface area contributed by atoms with Gasteiger partial charge in [0.25, 0.3) is 5.89 Å². The van der Waals surface area contributed by atoms with Crippen LogP contribution in [-0.2, 0) is 0 Å². The fourth-order valence-corrected chi connectivity index (χ4v) is 3.37. The van der Waals surface area contributed by atoms with E-state index in [1.807, 2.05) is 68.4 Å². The molecule has 6 nitrogen and oxygen atoms in total. The maximum absolute atomic E-state index is 13.8. The maximum Gasteiger partial charge on any atom is 0.255 e. The van der Waals surface area contributed by atoms with Crippen molar-refractivity contribution in [1.82, 2.24) is 20.0 Å². The Hall–Kier alpha value is -4.26. The van der Waals surface area contributed by atoms with Crippen molar-refractivity contribution in [1.29, 1.82) is 0 Å². The molecule has 0 aliphatic rings. The number of para-hydroxylation sites is 1. The van der Waals surface area contributed by atoms with E-state index in [0.29, 0.717) is 28.8 Å². The molecule has 0 spiro atoms. The van der Waals surface area contributed by atoms with Crippen molar-refractivity contribution in [3.63, 3.8) is 0 Å². The highest BCUT2D eigenvalue weighted by Gasteiger charge is 2.25. The normalized spacial score (nSPS) is 11.0. The number of ether oxygens (including phenoxy) is 1. The van der Waals surface area contributed by atoms with Crippen molar-refractivity contribution >= 4 is 0 Å². The van der Waals surface area contributed by atoms with Crippen molar-refractivity contribution in [2.75, 3.05) is 0 Å². The topological polar surface area (TPSA) is 66.0 Å². The van der Waals surface area contributed by atoms with Crippen LogP contribution in [0.3, 0.4) is 0 Å². The summed E-state index contributed by atoms with van der Waals surface area (Å²) in [5, 5.41) is 13.1. The zero-order valence-corrected chi connectivity index (χ0v) is 17.5. The zero-order chi connectivity index (χ0) is 22.1. The standard InChI is InChI=1S/C25H19FN4O2/c1-16-11-13-18(14-12-16)23-27-28-24(32-23)22-17(2)29-30(20-8-4-3-5-9-20)25(22)31-21-10-6-7-19(26)15-21/h3-15H,1-2H3. The van der Waals surface area contributed by atoms with Gasteiger partial charge in [0.15, 0.2) is 0 Å². The Kier molecular flexibility index (Phi) is 4.99. The number of aromatic nitrogens is 4. The van der Waals surface area contributed by atoms with E-state index in [-0.39, 0.29) is 5.89 Å². The minimum Gasteiger partial charge on any atom is -0.438 e. The van der Waals surface area contributed by atoms with Crippen LogP contribution in [0.25, 0.3) is 28.6 Å². The molecule has 0 amide bonds. The fraction of sp³-hybridized carbons (Fsp3) is 0.0800. The number of halogens is 1. The number of benzene rings is 3. The molecule has 32 heavy (non-hydrogen) atoms. The van der Waals surface area contributed by atoms with Crippen LogP contribution < -0.4 is 4.74 Å². The summed E-state index contributed by atoms with van der Waals surface area (Å²) in [6.07, 6.45) is 0. The highest BCUT2D eigenvalue weighted by atomic mass is 19.1. The summed E-state index contributed by atoms with van der Waals surface area (Å²) in [6, 6.07) is 23.3. The van der Waals surface area contributed by atoms with Crippen molar-refractivity contribution in [3.8, 4) is 40.2 Å². The van der Waals surface area contributed by atoms with Gasteiger partial charge < -0.3 is 9.15 Å². The van der Waals surface area contributed by atoms with Gasteiger partial charge in [0, 0.05) is 11.6 Å². The second-order valence-corrected chi connectivity index (χ2v) is 7.35. The molecular weight excluding hydrogens is 407 g/mol. The first-order valence-electron chi connectivity index (χ1n) is 10.1. The molecule has 0 unspecified atom stereocenters. The maximum atomic E-state index is 13.8. The molecule has 2 aromatic heterocycles. The smallest absolute Gasteiger partial charge is 0.255 e. The Labute approximate surface area is 183 Å². The first-order chi connectivity index (χ1) is 15.6. The summed E-state index contributed by atoms with van der Waals surface area (Å²) in [4.78, 5) is 0. The Bertz CT molecular complexity index is 1380. The van der Waals surface area contributed by atoms with E-state index in [0.717, 1.165) is 16.8 Å². The molecule has 2 heterocycles. The molecule has 0 saturated heterocycles. The first kappa shape index (κ1) is 19.7. The van der Waals surface area contributed by atoms with E-state index in [2.05, 4.69) is 15.3 Å². The third-order valence-corrected chi connectivity index (χ3v) is 4.97. The van der Waals surface area contributed by atoms with Crippen LogP contribution in [-0.4, -0.2) is 20.0 Å². The molecule has 0 radical (unpaired) electrons. The van der Waals surface area contributed by atoms with E-state index in [1.165, 1.54) is 12.1 Å². The molecule has 7 heteroatoms. The van der Waals surface area contributed by atoms with E-state index < -0.39 is 5.82 Å². The van der Waals surface area contributed by atoms with E-state index >= 15 is 0 Å². The molecule has 158 valence electrons. The molecule has 0 saturated carbocycles. The van der Waals surface area contributed by atoms with Crippen LogP contribution in [0.2, 0.25) is 0 Å². The predicted octanol–water partition coefficient (Wildman–Crippen LogP) is 6.14. The van der Waals surface area contributed by atoms with Crippen LogP contribution in [0, 0.1) is 19.7 Å². The van der Waals surface area contributed by atoms with Crippen molar-refractivity contribution < 1.29 is 13.5 Å². The monoisotopic (exact) mass is 426 g/mol. The number of hydrogen-bond donors (Lipinski definition) is 0. The van der Waals surface area contributed by atoms with Gasteiger partial charge in [-0.25, -0.2) is 4.39 Å². The molecule has 0 bridgehead atoms. The summed E-state index contributed by atoms with van der Waals surface area (Å²) >= 11 is 0. The summed E-state index contributed by atoms with van der Waals surface area (Å²) in [7, 11) is 0. The van der Waals surface area contributed by atoms with Crippen LogP contribution in [0.15, 0.2) is 83.3 Å². The van der Waals surface area contributed by atoms with Crippen LogP contribution in [0.4, 0.5) is 4.39 Å². The second-order valence-electron chi connectivity index (χ2n) is 7.35. The summed E-state index contributed by atoms with van der Waals surface area (Å²) in [5.41, 5.74) is 3.92. The lowest BCUT2D eigenvalue weighted by molar-refractivity contribution is 0.440. The quantitative estimate of drug-likeness (QED) is 0.338. The summed E-state index contributed by atoms with van der Waals surface area (Å²) in [6.45, 7) is 3.85. The average Bonchev–Trinajstić information content (AvgIpc) is 3.39. The van der Waals surface area contributed by atoms with Gasteiger partial charge in [0.1, 0.15) is 17.1 Å². The number of hydrogen-bond acceptors (Lipinski definition) is 5. The molecule has 3 aromatic carbocycles. The third kappa shape index (κ3) is 3.76. The van der Waals surface area contributed by atoms with Gasteiger partial charge >= 0.3 is 0 Å². The molecule has 0 aliphatic heterocycles. The highest BCUT2D eigenvalue weighted by molar-refractivity contribution is 5.67.